The van der Waals surface area contributed by atoms with Crippen molar-refractivity contribution in [2.75, 3.05) is 58.4 Å². The molecule has 1 atom stereocenters. The van der Waals surface area contributed by atoms with Crippen LogP contribution in [0.25, 0.3) is 0 Å². The van der Waals surface area contributed by atoms with Crippen LogP contribution in [-0.4, -0.2) is 76.6 Å². The first-order valence-electron chi connectivity index (χ1n) is 11.3. The van der Waals surface area contributed by atoms with E-state index in [2.05, 4.69) is 20.1 Å². The van der Waals surface area contributed by atoms with Crippen LogP contribution in [0.1, 0.15) is 38.5 Å². The van der Waals surface area contributed by atoms with Gasteiger partial charge in [-0.05, 0) is 56.7 Å². The lowest BCUT2D eigenvalue weighted by Crippen LogP contribution is -2.47. The third kappa shape index (κ3) is 8.73. The van der Waals surface area contributed by atoms with Crippen molar-refractivity contribution in [3.8, 4) is 0 Å². The molecule has 2 aliphatic heterocycles. The standard InChI is InChI=1S/C23H37FN4O2.HI/c1-25-23(26-12-6-13-27(2)20-8-5-7-19(24)17-20)28-14-10-21(11-15-28)30-18-22-9-3-4-16-29-22;/h5,7-8,17,21-22H,3-4,6,9-16,18H2,1-2H3,(H,25,26);1H. The minimum absolute atomic E-state index is 0. The zero-order valence-corrected chi connectivity index (χ0v) is 21.2. The molecule has 2 fully saturated rings. The number of guanidine groups is 1. The molecule has 2 aliphatic rings. The highest BCUT2D eigenvalue weighted by Gasteiger charge is 2.23. The number of nitrogens with zero attached hydrogens (tertiary/aromatic N) is 3. The van der Waals surface area contributed by atoms with Crippen LogP contribution in [0, 0.1) is 5.82 Å². The van der Waals surface area contributed by atoms with E-state index >= 15 is 0 Å². The lowest BCUT2D eigenvalue weighted by atomic mass is 10.1. The van der Waals surface area contributed by atoms with Crippen molar-refractivity contribution in [3.63, 3.8) is 0 Å². The van der Waals surface area contributed by atoms with Gasteiger partial charge in [-0.3, -0.25) is 4.99 Å². The maximum Gasteiger partial charge on any atom is 0.193 e. The second kappa shape index (κ2) is 14.1. The van der Waals surface area contributed by atoms with E-state index < -0.39 is 0 Å². The van der Waals surface area contributed by atoms with Gasteiger partial charge in [0.05, 0.1) is 18.8 Å². The van der Waals surface area contributed by atoms with Gasteiger partial charge in [0.1, 0.15) is 5.82 Å². The Morgan fingerprint density at radius 1 is 1.29 bits per heavy atom. The smallest absolute Gasteiger partial charge is 0.193 e. The van der Waals surface area contributed by atoms with E-state index in [-0.39, 0.29) is 35.9 Å². The van der Waals surface area contributed by atoms with Gasteiger partial charge in [0.15, 0.2) is 5.96 Å². The van der Waals surface area contributed by atoms with Gasteiger partial charge in [-0.2, -0.15) is 0 Å². The first kappa shape index (κ1) is 26.1. The Hall–Kier alpha value is -1.13. The summed E-state index contributed by atoms with van der Waals surface area (Å²) in [6.07, 6.45) is 7.18. The van der Waals surface area contributed by atoms with E-state index in [1.54, 1.807) is 12.1 Å². The number of halogens is 2. The number of hydrogen-bond donors (Lipinski definition) is 1. The van der Waals surface area contributed by atoms with Gasteiger partial charge in [-0.1, -0.05) is 6.07 Å². The summed E-state index contributed by atoms with van der Waals surface area (Å²) < 4.78 is 25.2. The Morgan fingerprint density at radius 2 is 2.10 bits per heavy atom. The summed E-state index contributed by atoms with van der Waals surface area (Å²) in [7, 11) is 3.83. The molecule has 0 aromatic heterocycles. The van der Waals surface area contributed by atoms with E-state index in [0.29, 0.717) is 6.10 Å². The van der Waals surface area contributed by atoms with Crippen molar-refractivity contribution < 1.29 is 13.9 Å². The fraction of sp³-hybridized carbons (Fsp3) is 0.696. The van der Waals surface area contributed by atoms with E-state index in [1.165, 1.54) is 18.9 Å². The molecule has 0 amide bonds. The molecule has 176 valence electrons. The average molecular weight is 548 g/mol. The Morgan fingerprint density at radius 3 is 2.77 bits per heavy atom. The Kier molecular flexibility index (Phi) is 11.9. The van der Waals surface area contributed by atoms with Gasteiger partial charge in [-0.15, -0.1) is 24.0 Å². The monoisotopic (exact) mass is 548 g/mol. The van der Waals surface area contributed by atoms with Gasteiger partial charge in [0, 0.05) is 52.6 Å². The molecule has 0 aliphatic carbocycles. The largest absolute Gasteiger partial charge is 0.376 e. The lowest BCUT2D eigenvalue weighted by molar-refractivity contribution is -0.0721. The average Bonchev–Trinajstić information content (AvgIpc) is 2.79. The van der Waals surface area contributed by atoms with Crippen molar-refractivity contribution in [1.29, 1.82) is 0 Å². The predicted octanol–water partition coefficient (Wildman–Crippen LogP) is 3.90. The predicted molar refractivity (Wildman–Crippen MR) is 135 cm³/mol. The lowest BCUT2D eigenvalue weighted by Gasteiger charge is -2.35. The van der Waals surface area contributed by atoms with Crippen LogP contribution in [0.5, 0.6) is 0 Å². The molecule has 1 aromatic carbocycles. The number of nitrogens with one attached hydrogen (secondary N) is 1. The van der Waals surface area contributed by atoms with Crippen LogP contribution in [0.2, 0.25) is 0 Å². The summed E-state index contributed by atoms with van der Waals surface area (Å²) in [6, 6.07) is 6.72. The van der Waals surface area contributed by atoms with Crippen LogP contribution >= 0.6 is 24.0 Å². The molecule has 31 heavy (non-hydrogen) atoms. The van der Waals surface area contributed by atoms with Gasteiger partial charge < -0.3 is 24.6 Å². The summed E-state index contributed by atoms with van der Waals surface area (Å²) >= 11 is 0. The van der Waals surface area contributed by atoms with E-state index in [1.807, 2.05) is 20.2 Å². The Balaban J connectivity index is 0.00000341. The summed E-state index contributed by atoms with van der Waals surface area (Å²) in [4.78, 5) is 8.84. The molecule has 0 saturated carbocycles. The maximum atomic E-state index is 13.4. The molecule has 1 unspecified atom stereocenters. The molecule has 8 heteroatoms. The number of ether oxygens (including phenoxy) is 2. The highest BCUT2D eigenvalue weighted by Crippen LogP contribution is 2.18. The molecule has 0 bridgehead atoms. The van der Waals surface area contributed by atoms with Gasteiger partial charge >= 0.3 is 0 Å². The quantitative estimate of drug-likeness (QED) is 0.231. The summed E-state index contributed by atoms with van der Waals surface area (Å²) in [5, 5.41) is 3.47. The normalized spacial score (nSPS) is 20.3. The molecule has 2 saturated heterocycles. The number of rotatable bonds is 8. The van der Waals surface area contributed by atoms with Crippen molar-refractivity contribution >= 4 is 35.6 Å². The zero-order valence-electron chi connectivity index (χ0n) is 18.9. The van der Waals surface area contributed by atoms with E-state index in [0.717, 1.165) is 76.7 Å². The minimum Gasteiger partial charge on any atom is -0.376 e. The summed E-state index contributed by atoms with van der Waals surface area (Å²) in [6.45, 7) is 5.22. The topological polar surface area (TPSA) is 49.3 Å². The molecule has 6 nitrogen and oxygen atoms in total. The molecular weight excluding hydrogens is 510 g/mol. The third-order valence-corrected chi connectivity index (χ3v) is 5.95. The van der Waals surface area contributed by atoms with Crippen LogP contribution < -0.4 is 10.2 Å². The number of benzene rings is 1. The summed E-state index contributed by atoms with van der Waals surface area (Å²) in [5.74, 6) is 0.758. The number of likely N-dealkylation sites (tertiary alicyclic amines) is 1. The minimum atomic E-state index is -0.198. The van der Waals surface area contributed by atoms with Gasteiger partial charge in [0.2, 0.25) is 0 Å². The van der Waals surface area contributed by atoms with Crippen molar-refractivity contribution in [2.45, 2.75) is 50.7 Å². The molecule has 0 spiro atoms. The highest BCUT2D eigenvalue weighted by atomic mass is 127. The van der Waals surface area contributed by atoms with Crippen molar-refractivity contribution in [1.82, 2.24) is 10.2 Å². The van der Waals surface area contributed by atoms with Crippen LogP contribution in [0.4, 0.5) is 10.1 Å². The highest BCUT2D eigenvalue weighted by molar-refractivity contribution is 14.0. The van der Waals surface area contributed by atoms with E-state index in [9.17, 15) is 4.39 Å². The SMILES string of the molecule is CN=C(NCCCN(C)c1cccc(F)c1)N1CCC(OCC2CCCCO2)CC1.I. The summed E-state index contributed by atoms with van der Waals surface area (Å²) in [5.41, 5.74) is 0.903. The van der Waals surface area contributed by atoms with Crippen LogP contribution in [0.15, 0.2) is 29.3 Å². The molecule has 1 N–H and O–H groups in total. The van der Waals surface area contributed by atoms with Crippen molar-refractivity contribution in [2.24, 2.45) is 4.99 Å². The second-order valence-electron chi connectivity index (χ2n) is 8.24. The second-order valence-corrected chi connectivity index (χ2v) is 8.24. The Labute approximate surface area is 203 Å². The van der Waals surface area contributed by atoms with Crippen molar-refractivity contribution in [3.05, 3.63) is 30.1 Å². The molecule has 3 rings (SSSR count). The van der Waals surface area contributed by atoms with Crippen LogP contribution in [-0.2, 0) is 9.47 Å². The molecule has 2 heterocycles. The zero-order chi connectivity index (χ0) is 21.2. The van der Waals surface area contributed by atoms with Crippen LogP contribution in [0.3, 0.4) is 0 Å². The fourth-order valence-electron chi connectivity index (χ4n) is 4.11. The fourth-order valence-corrected chi connectivity index (χ4v) is 4.11. The number of piperidine rings is 1. The molecule has 0 radical (unpaired) electrons. The first-order chi connectivity index (χ1) is 14.7. The number of aliphatic imine (C=N–C) groups is 1. The number of hydrogen-bond acceptors (Lipinski definition) is 4. The maximum absolute atomic E-state index is 13.4. The third-order valence-electron chi connectivity index (χ3n) is 5.95. The van der Waals surface area contributed by atoms with Gasteiger partial charge in [0.25, 0.3) is 0 Å². The van der Waals surface area contributed by atoms with Gasteiger partial charge in [-0.25, -0.2) is 4.39 Å². The Bertz CT molecular complexity index is 665. The first-order valence-corrected chi connectivity index (χ1v) is 11.3. The van der Waals surface area contributed by atoms with E-state index in [4.69, 9.17) is 9.47 Å². The molecular formula is C23H38FIN4O2. The molecule has 1 aromatic rings. The number of anilines is 1.